The lowest BCUT2D eigenvalue weighted by atomic mass is 10.2. The molecule has 0 aromatic rings. The number of ether oxygens (including phenoxy) is 1. The minimum atomic E-state index is -0.632. The zero-order valence-electron chi connectivity index (χ0n) is 12.3. The zero-order chi connectivity index (χ0) is 14.2. The molecule has 0 aliphatic rings. The van der Waals surface area contributed by atoms with Gasteiger partial charge in [-0.1, -0.05) is 55.5 Å². The van der Waals surface area contributed by atoms with Crippen LogP contribution in [0.1, 0.15) is 45.4 Å². The Bertz CT molecular complexity index is 288. The first-order valence-electron chi connectivity index (χ1n) is 7.12. The zero-order valence-corrected chi connectivity index (χ0v) is 12.3. The third-order valence-electron chi connectivity index (χ3n) is 2.57. The van der Waals surface area contributed by atoms with Gasteiger partial charge in [0.25, 0.3) is 0 Å². The second kappa shape index (κ2) is 14.9. The number of allylic oxidation sites excluding steroid dienone is 8. The van der Waals surface area contributed by atoms with Crippen molar-refractivity contribution in [1.29, 1.82) is 0 Å². The van der Waals surface area contributed by atoms with Crippen molar-refractivity contribution in [2.75, 3.05) is 7.11 Å². The molecule has 0 aromatic heterocycles. The predicted molar refractivity (Wildman–Crippen MR) is 83.0 cm³/mol. The first-order chi connectivity index (χ1) is 9.31. The number of methoxy groups -OCH3 is 1. The van der Waals surface area contributed by atoms with Gasteiger partial charge in [0.1, 0.15) is 0 Å². The number of hydrogen-bond donors (Lipinski definition) is 1. The fourth-order valence-electron chi connectivity index (χ4n) is 1.45. The first-order valence-corrected chi connectivity index (χ1v) is 7.12. The average molecular weight is 264 g/mol. The van der Waals surface area contributed by atoms with E-state index in [4.69, 9.17) is 9.84 Å². The molecule has 1 unspecified atom stereocenters. The largest absolute Gasteiger partial charge is 0.368 e. The molecular weight excluding hydrogens is 236 g/mol. The van der Waals surface area contributed by atoms with Crippen LogP contribution in [0, 0.1) is 0 Å². The van der Waals surface area contributed by atoms with Gasteiger partial charge in [0, 0.05) is 13.5 Å². The molecule has 108 valence electrons. The van der Waals surface area contributed by atoms with E-state index in [2.05, 4.69) is 55.5 Å². The van der Waals surface area contributed by atoms with Crippen molar-refractivity contribution in [3.8, 4) is 0 Å². The van der Waals surface area contributed by atoms with Crippen LogP contribution >= 0.6 is 0 Å². The van der Waals surface area contributed by atoms with Crippen LogP contribution in [-0.2, 0) is 4.74 Å². The summed E-state index contributed by atoms with van der Waals surface area (Å²) in [6.45, 7) is 2.15. The predicted octanol–water partition coefficient (Wildman–Crippen LogP) is 4.54. The lowest BCUT2D eigenvalue weighted by Crippen LogP contribution is -2.07. The molecule has 0 rings (SSSR count). The third-order valence-corrected chi connectivity index (χ3v) is 2.57. The smallest absolute Gasteiger partial charge is 0.154 e. The Morgan fingerprint density at radius 2 is 1.32 bits per heavy atom. The molecule has 0 amide bonds. The van der Waals surface area contributed by atoms with Crippen LogP contribution in [-0.4, -0.2) is 18.5 Å². The van der Waals surface area contributed by atoms with Crippen molar-refractivity contribution in [2.45, 2.75) is 51.7 Å². The van der Waals surface area contributed by atoms with Gasteiger partial charge in [0.05, 0.1) is 0 Å². The molecule has 0 saturated heterocycles. The maximum atomic E-state index is 9.15. The van der Waals surface area contributed by atoms with E-state index in [-0.39, 0.29) is 0 Å². The molecular formula is C17H28O2. The van der Waals surface area contributed by atoms with Crippen LogP contribution in [0.5, 0.6) is 0 Å². The molecule has 0 radical (unpaired) electrons. The van der Waals surface area contributed by atoms with E-state index >= 15 is 0 Å². The molecule has 0 aromatic carbocycles. The van der Waals surface area contributed by atoms with Crippen LogP contribution in [0.25, 0.3) is 0 Å². The van der Waals surface area contributed by atoms with Crippen LogP contribution in [0.2, 0.25) is 0 Å². The number of rotatable bonds is 11. The van der Waals surface area contributed by atoms with E-state index in [9.17, 15) is 0 Å². The van der Waals surface area contributed by atoms with Gasteiger partial charge < -0.3 is 9.84 Å². The van der Waals surface area contributed by atoms with Gasteiger partial charge in [0.15, 0.2) is 6.29 Å². The monoisotopic (exact) mass is 264 g/mol. The highest BCUT2D eigenvalue weighted by Crippen LogP contribution is 2.00. The Labute approximate surface area is 118 Å². The van der Waals surface area contributed by atoms with Crippen LogP contribution in [0.3, 0.4) is 0 Å². The van der Waals surface area contributed by atoms with Gasteiger partial charge in [0.2, 0.25) is 0 Å². The fraction of sp³-hybridized carbons (Fsp3) is 0.529. The molecule has 0 saturated carbocycles. The number of hydrogen-bond acceptors (Lipinski definition) is 2. The van der Waals surface area contributed by atoms with Gasteiger partial charge >= 0.3 is 0 Å². The molecule has 0 bridgehead atoms. The minimum Gasteiger partial charge on any atom is -0.368 e. The summed E-state index contributed by atoms with van der Waals surface area (Å²) in [5.41, 5.74) is 0. The second-order valence-electron chi connectivity index (χ2n) is 4.27. The van der Waals surface area contributed by atoms with Crippen molar-refractivity contribution in [1.82, 2.24) is 0 Å². The molecule has 0 fully saturated rings. The molecule has 1 atom stereocenters. The van der Waals surface area contributed by atoms with Gasteiger partial charge in [-0.15, -0.1) is 0 Å². The summed E-state index contributed by atoms with van der Waals surface area (Å²) in [6, 6.07) is 0. The summed E-state index contributed by atoms with van der Waals surface area (Å²) < 4.78 is 4.75. The highest BCUT2D eigenvalue weighted by Gasteiger charge is 1.96. The molecule has 2 nitrogen and oxygen atoms in total. The molecule has 0 aliphatic heterocycles. The van der Waals surface area contributed by atoms with E-state index < -0.39 is 6.29 Å². The van der Waals surface area contributed by atoms with Crippen molar-refractivity contribution in [3.05, 3.63) is 48.6 Å². The second-order valence-corrected chi connectivity index (χ2v) is 4.27. The Morgan fingerprint density at radius 3 is 1.79 bits per heavy atom. The quantitative estimate of drug-likeness (QED) is 0.438. The van der Waals surface area contributed by atoms with E-state index in [1.54, 1.807) is 0 Å². The lowest BCUT2D eigenvalue weighted by Gasteiger charge is -2.04. The van der Waals surface area contributed by atoms with Crippen molar-refractivity contribution in [3.63, 3.8) is 0 Å². The summed E-state index contributed by atoms with van der Waals surface area (Å²) in [5, 5.41) is 9.15. The minimum absolute atomic E-state index is 0.632. The summed E-state index contributed by atoms with van der Waals surface area (Å²) in [5.74, 6) is 0. The van der Waals surface area contributed by atoms with Crippen molar-refractivity contribution < 1.29 is 9.84 Å². The summed E-state index contributed by atoms with van der Waals surface area (Å²) in [4.78, 5) is 0. The maximum absolute atomic E-state index is 9.15. The topological polar surface area (TPSA) is 29.5 Å². The van der Waals surface area contributed by atoms with E-state index in [1.807, 2.05) is 0 Å². The molecule has 1 N–H and O–H groups in total. The lowest BCUT2D eigenvalue weighted by molar-refractivity contribution is -0.0773. The van der Waals surface area contributed by atoms with Gasteiger partial charge in [-0.3, -0.25) is 0 Å². The maximum Gasteiger partial charge on any atom is 0.154 e. The Balaban J connectivity index is 3.43. The third kappa shape index (κ3) is 14.8. The number of aliphatic hydroxyl groups excluding tert-OH is 1. The Kier molecular flexibility index (Phi) is 14.1. The molecule has 0 heterocycles. The molecule has 2 heteroatoms. The SMILES string of the molecule is CCC=CCC=CCC=CCC=CCCC(O)OC. The van der Waals surface area contributed by atoms with Gasteiger partial charge in [-0.2, -0.15) is 0 Å². The Morgan fingerprint density at radius 1 is 0.842 bits per heavy atom. The van der Waals surface area contributed by atoms with E-state index in [1.165, 1.54) is 7.11 Å². The van der Waals surface area contributed by atoms with Gasteiger partial charge in [-0.25, -0.2) is 0 Å². The highest BCUT2D eigenvalue weighted by atomic mass is 16.6. The van der Waals surface area contributed by atoms with Gasteiger partial charge in [-0.05, 0) is 32.1 Å². The summed E-state index contributed by atoms with van der Waals surface area (Å²) >= 11 is 0. The fourth-order valence-corrected chi connectivity index (χ4v) is 1.45. The average Bonchev–Trinajstić information content (AvgIpc) is 2.43. The van der Waals surface area contributed by atoms with Crippen molar-refractivity contribution >= 4 is 0 Å². The summed E-state index contributed by atoms with van der Waals surface area (Å²) in [7, 11) is 1.52. The highest BCUT2D eigenvalue weighted by molar-refractivity contribution is 4.99. The standard InChI is InChI=1S/C17H28O2/c1-3-4-5-6-7-8-9-10-11-12-13-14-15-16-17(18)19-2/h4-5,7-8,10-11,13-14,17-18H,3,6,9,12,15-16H2,1-2H3. The van der Waals surface area contributed by atoms with E-state index in [0.29, 0.717) is 6.42 Å². The van der Waals surface area contributed by atoms with Crippen LogP contribution < -0.4 is 0 Å². The Hall–Kier alpha value is -1.12. The molecule has 19 heavy (non-hydrogen) atoms. The number of aliphatic hydroxyl groups is 1. The summed E-state index contributed by atoms with van der Waals surface area (Å²) in [6.07, 6.45) is 22.3. The molecule has 0 aliphatic carbocycles. The van der Waals surface area contributed by atoms with Crippen LogP contribution in [0.15, 0.2) is 48.6 Å². The van der Waals surface area contributed by atoms with E-state index in [0.717, 1.165) is 32.1 Å². The normalized spacial score (nSPS) is 14.5. The molecule has 0 spiro atoms. The first kappa shape index (κ1) is 17.9. The van der Waals surface area contributed by atoms with Crippen molar-refractivity contribution in [2.24, 2.45) is 0 Å². The van der Waals surface area contributed by atoms with Crippen LogP contribution in [0.4, 0.5) is 0 Å².